The van der Waals surface area contributed by atoms with Gasteiger partial charge in [-0.3, -0.25) is 0 Å². The summed E-state index contributed by atoms with van der Waals surface area (Å²) in [5, 5.41) is 4.49. The molecule has 17 heavy (non-hydrogen) atoms. The van der Waals surface area contributed by atoms with Crippen molar-refractivity contribution in [3.63, 3.8) is 0 Å². The molecule has 4 heteroatoms. The van der Waals surface area contributed by atoms with Crippen molar-refractivity contribution < 1.29 is 4.74 Å². The van der Waals surface area contributed by atoms with E-state index >= 15 is 0 Å². The van der Waals surface area contributed by atoms with Crippen LogP contribution in [0, 0.1) is 6.92 Å². The van der Waals surface area contributed by atoms with Crippen molar-refractivity contribution in [2.75, 3.05) is 13.2 Å². The zero-order valence-corrected chi connectivity index (χ0v) is 12.4. The van der Waals surface area contributed by atoms with E-state index in [4.69, 9.17) is 4.74 Å². The number of aromatic nitrogens is 1. The van der Waals surface area contributed by atoms with E-state index in [0.717, 1.165) is 36.8 Å². The van der Waals surface area contributed by atoms with Crippen molar-refractivity contribution >= 4 is 11.3 Å². The summed E-state index contributed by atoms with van der Waals surface area (Å²) in [5.41, 5.74) is 0.856. The second-order valence-electron chi connectivity index (χ2n) is 4.65. The van der Waals surface area contributed by atoms with Gasteiger partial charge in [-0.05, 0) is 40.7 Å². The topological polar surface area (TPSA) is 34.1 Å². The lowest BCUT2D eigenvalue weighted by atomic mass is 10.1. The second kappa shape index (κ2) is 6.47. The van der Waals surface area contributed by atoms with Gasteiger partial charge in [0.2, 0.25) is 0 Å². The number of thiazole rings is 1. The number of ether oxygens (including phenoxy) is 1. The molecule has 0 radical (unpaired) electrons. The van der Waals surface area contributed by atoms with Gasteiger partial charge in [0.25, 0.3) is 0 Å². The van der Waals surface area contributed by atoms with Crippen LogP contribution in [0.3, 0.4) is 0 Å². The van der Waals surface area contributed by atoms with Crippen molar-refractivity contribution in [3.8, 4) is 0 Å². The van der Waals surface area contributed by atoms with E-state index in [2.05, 4.69) is 38.0 Å². The fraction of sp³-hybridized carbons (Fsp3) is 0.769. The Morgan fingerprint density at radius 1 is 1.35 bits per heavy atom. The molecule has 0 bridgehead atoms. The lowest BCUT2D eigenvalue weighted by molar-refractivity contribution is -0.0142. The molecule has 0 saturated heterocycles. The smallest absolute Gasteiger partial charge is 0.125 e. The number of hydrogen-bond donors (Lipinski definition) is 1. The van der Waals surface area contributed by atoms with Crippen LogP contribution in [0.2, 0.25) is 0 Å². The first-order chi connectivity index (χ1) is 8.01. The van der Waals surface area contributed by atoms with Crippen LogP contribution < -0.4 is 5.32 Å². The predicted octanol–water partition coefficient (Wildman–Crippen LogP) is 3.22. The molecular weight excluding hydrogens is 232 g/mol. The van der Waals surface area contributed by atoms with Gasteiger partial charge in [0.05, 0.1) is 5.69 Å². The molecule has 1 N–H and O–H groups in total. The summed E-state index contributed by atoms with van der Waals surface area (Å²) >= 11 is 1.76. The minimum atomic E-state index is -0.271. The van der Waals surface area contributed by atoms with Crippen molar-refractivity contribution in [1.82, 2.24) is 10.3 Å². The predicted molar refractivity (Wildman–Crippen MR) is 73.5 cm³/mol. The van der Waals surface area contributed by atoms with E-state index < -0.39 is 0 Å². The largest absolute Gasteiger partial charge is 0.369 e. The first-order valence-corrected chi connectivity index (χ1v) is 7.14. The first kappa shape index (κ1) is 14.6. The van der Waals surface area contributed by atoms with Crippen molar-refractivity contribution in [2.24, 2.45) is 0 Å². The summed E-state index contributed by atoms with van der Waals surface area (Å²) in [6.45, 7) is 13.1. The quantitative estimate of drug-likeness (QED) is 0.761. The molecular formula is C13H24N2OS. The lowest BCUT2D eigenvalue weighted by Gasteiger charge is -2.21. The molecule has 0 unspecified atom stereocenters. The molecule has 98 valence electrons. The number of nitrogens with zero attached hydrogens (tertiary/aromatic N) is 1. The highest BCUT2D eigenvalue weighted by Crippen LogP contribution is 2.30. The molecule has 0 amide bonds. The van der Waals surface area contributed by atoms with Crippen LogP contribution in [0.1, 0.15) is 49.7 Å². The first-order valence-electron chi connectivity index (χ1n) is 6.32. The maximum atomic E-state index is 5.74. The van der Waals surface area contributed by atoms with E-state index in [0.29, 0.717) is 0 Å². The SMILES string of the molecule is CCCNCc1sc(C(C)(C)OCC)nc1C. The summed E-state index contributed by atoms with van der Waals surface area (Å²) < 4.78 is 5.74. The van der Waals surface area contributed by atoms with Crippen LogP contribution in [-0.4, -0.2) is 18.1 Å². The Labute approximate surface area is 109 Å². The highest BCUT2D eigenvalue weighted by molar-refractivity contribution is 7.11. The van der Waals surface area contributed by atoms with Crippen LogP contribution in [0.25, 0.3) is 0 Å². The molecule has 3 nitrogen and oxygen atoms in total. The van der Waals surface area contributed by atoms with Gasteiger partial charge in [0.15, 0.2) is 0 Å². The highest BCUT2D eigenvalue weighted by Gasteiger charge is 2.25. The monoisotopic (exact) mass is 256 g/mol. The van der Waals surface area contributed by atoms with Crippen molar-refractivity contribution in [2.45, 2.75) is 53.2 Å². The van der Waals surface area contributed by atoms with Crippen LogP contribution in [-0.2, 0) is 16.9 Å². The standard InChI is InChI=1S/C13H24N2OS/c1-6-8-14-9-11-10(3)15-12(17-11)13(4,5)16-7-2/h14H,6-9H2,1-5H3. The fourth-order valence-electron chi connectivity index (χ4n) is 1.65. The average molecular weight is 256 g/mol. The second-order valence-corrected chi connectivity index (χ2v) is 5.73. The van der Waals surface area contributed by atoms with Crippen LogP contribution >= 0.6 is 11.3 Å². The molecule has 0 aromatic carbocycles. The summed E-state index contributed by atoms with van der Waals surface area (Å²) in [6.07, 6.45) is 1.16. The van der Waals surface area contributed by atoms with E-state index in [9.17, 15) is 0 Å². The lowest BCUT2D eigenvalue weighted by Crippen LogP contribution is -2.21. The van der Waals surface area contributed by atoms with Gasteiger partial charge < -0.3 is 10.1 Å². The maximum Gasteiger partial charge on any atom is 0.125 e. The van der Waals surface area contributed by atoms with Gasteiger partial charge in [0.1, 0.15) is 10.6 Å². The highest BCUT2D eigenvalue weighted by atomic mass is 32.1. The van der Waals surface area contributed by atoms with Crippen LogP contribution in [0.5, 0.6) is 0 Å². The molecule has 0 aliphatic rings. The van der Waals surface area contributed by atoms with Crippen molar-refractivity contribution in [1.29, 1.82) is 0 Å². The third kappa shape index (κ3) is 4.05. The minimum Gasteiger partial charge on any atom is -0.369 e. The van der Waals surface area contributed by atoms with Gasteiger partial charge in [-0.2, -0.15) is 0 Å². The Hall–Kier alpha value is -0.450. The Morgan fingerprint density at radius 2 is 2.06 bits per heavy atom. The number of nitrogens with one attached hydrogen (secondary N) is 1. The molecule has 1 aromatic rings. The summed E-state index contributed by atoms with van der Waals surface area (Å²) in [4.78, 5) is 5.95. The zero-order valence-electron chi connectivity index (χ0n) is 11.6. The number of rotatable bonds is 7. The fourth-order valence-corrected chi connectivity index (χ4v) is 2.74. The molecule has 0 aliphatic carbocycles. The maximum absolute atomic E-state index is 5.74. The number of aryl methyl sites for hydroxylation is 1. The normalized spacial score (nSPS) is 12.1. The Morgan fingerprint density at radius 3 is 2.65 bits per heavy atom. The van der Waals surface area contributed by atoms with Gasteiger partial charge in [-0.25, -0.2) is 4.98 Å². The molecule has 0 saturated carbocycles. The van der Waals surface area contributed by atoms with Crippen LogP contribution in [0.15, 0.2) is 0 Å². The summed E-state index contributed by atoms with van der Waals surface area (Å²) in [5.74, 6) is 0. The molecule has 0 spiro atoms. The van der Waals surface area contributed by atoms with Crippen molar-refractivity contribution in [3.05, 3.63) is 15.6 Å². The molecule has 1 heterocycles. The third-order valence-corrected chi connectivity index (χ3v) is 4.09. The van der Waals surface area contributed by atoms with E-state index in [1.165, 1.54) is 4.88 Å². The van der Waals surface area contributed by atoms with E-state index in [1.807, 2.05) is 6.92 Å². The summed E-state index contributed by atoms with van der Waals surface area (Å²) in [6, 6.07) is 0. The third-order valence-electron chi connectivity index (χ3n) is 2.63. The molecule has 1 aromatic heterocycles. The minimum absolute atomic E-state index is 0.271. The molecule has 0 aliphatic heterocycles. The van der Waals surface area contributed by atoms with Gasteiger partial charge in [-0.1, -0.05) is 6.92 Å². The number of hydrogen-bond acceptors (Lipinski definition) is 4. The van der Waals surface area contributed by atoms with Gasteiger partial charge in [-0.15, -0.1) is 11.3 Å². The summed E-state index contributed by atoms with van der Waals surface area (Å²) in [7, 11) is 0. The molecule has 1 rings (SSSR count). The van der Waals surface area contributed by atoms with Gasteiger partial charge in [0, 0.05) is 18.0 Å². The zero-order chi connectivity index (χ0) is 12.9. The van der Waals surface area contributed by atoms with Crippen LogP contribution in [0.4, 0.5) is 0 Å². The van der Waals surface area contributed by atoms with E-state index in [1.54, 1.807) is 11.3 Å². The Bertz CT molecular complexity index is 347. The van der Waals surface area contributed by atoms with E-state index in [-0.39, 0.29) is 5.60 Å². The average Bonchev–Trinajstić information content (AvgIpc) is 2.62. The molecule has 0 fully saturated rings. The molecule has 0 atom stereocenters. The Balaban J connectivity index is 2.73. The Kier molecular flexibility index (Phi) is 5.56. The van der Waals surface area contributed by atoms with Gasteiger partial charge >= 0.3 is 0 Å².